The molecule has 3 heteroatoms. The molecule has 0 aliphatic carbocycles. The van der Waals surface area contributed by atoms with E-state index in [-0.39, 0.29) is 11.9 Å². The second-order valence-corrected chi connectivity index (χ2v) is 5.91. The van der Waals surface area contributed by atoms with Gasteiger partial charge in [-0.2, -0.15) is 5.26 Å². The number of carbonyl (C=O) groups excluding carboxylic acids is 1. The third-order valence-electron chi connectivity index (χ3n) is 3.85. The van der Waals surface area contributed by atoms with Crippen molar-refractivity contribution >= 4 is 5.91 Å². The lowest BCUT2D eigenvalue weighted by molar-refractivity contribution is -0.133. The van der Waals surface area contributed by atoms with Crippen LogP contribution in [0.3, 0.4) is 0 Å². The van der Waals surface area contributed by atoms with Crippen molar-refractivity contribution in [3.63, 3.8) is 0 Å². The molecule has 2 rings (SSSR count). The van der Waals surface area contributed by atoms with Gasteiger partial charge in [-0.1, -0.05) is 42.5 Å². The molecule has 0 fully saturated rings. The van der Waals surface area contributed by atoms with Crippen molar-refractivity contribution < 1.29 is 4.79 Å². The zero-order valence-electron chi connectivity index (χ0n) is 13.7. The summed E-state index contributed by atoms with van der Waals surface area (Å²) in [5.41, 5.74) is 2.88. The minimum Gasteiger partial charge on any atom is -0.336 e. The largest absolute Gasteiger partial charge is 0.336 e. The number of hydrogen-bond acceptors (Lipinski definition) is 2. The summed E-state index contributed by atoms with van der Waals surface area (Å²) in [7, 11) is 0. The highest BCUT2D eigenvalue weighted by Gasteiger charge is 2.17. The van der Waals surface area contributed by atoms with Crippen molar-refractivity contribution in [3.05, 3.63) is 71.3 Å². The first-order valence-electron chi connectivity index (χ1n) is 7.92. The molecular formula is C20H22N2O. The molecule has 23 heavy (non-hydrogen) atoms. The zero-order valence-corrected chi connectivity index (χ0v) is 13.7. The quantitative estimate of drug-likeness (QED) is 0.811. The number of nitriles is 1. The number of benzene rings is 2. The lowest BCUT2D eigenvalue weighted by atomic mass is 10.1. The van der Waals surface area contributed by atoms with E-state index in [4.69, 9.17) is 5.26 Å². The number of nitrogens with zero attached hydrogens (tertiary/aromatic N) is 2. The Bertz CT molecular complexity index is 669. The highest BCUT2D eigenvalue weighted by atomic mass is 16.2. The summed E-state index contributed by atoms with van der Waals surface area (Å²) >= 11 is 0. The summed E-state index contributed by atoms with van der Waals surface area (Å²) in [5.74, 6) is 0.160. The van der Waals surface area contributed by atoms with Crippen LogP contribution >= 0.6 is 0 Å². The molecule has 0 aromatic heterocycles. The van der Waals surface area contributed by atoms with E-state index in [2.05, 4.69) is 6.07 Å². The summed E-state index contributed by atoms with van der Waals surface area (Å²) in [6.45, 7) is 4.73. The van der Waals surface area contributed by atoms with Gasteiger partial charge in [-0.3, -0.25) is 4.79 Å². The fraction of sp³-hybridized carbons (Fsp3) is 0.300. The van der Waals surface area contributed by atoms with Crippen molar-refractivity contribution in [3.8, 4) is 6.07 Å². The summed E-state index contributed by atoms with van der Waals surface area (Å²) < 4.78 is 0. The zero-order chi connectivity index (χ0) is 16.7. The minimum absolute atomic E-state index is 0.160. The van der Waals surface area contributed by atoms with E-state index in [0.717, 1.165) is 11.1 Å². The molecule has 0 saturated carbocycles. The van der Waals surface area contributed by atoms with Crippen LogP contribution in [0.25, 0.3) is 0 Å². The highest BCUT2D eigenvalue weighted by Crippen LogP contribution is 2.12. The third kappa shape index (κ3) is 4.96. The Morgan fingerprint density at radius 2 is 1.70 bits per heavy atom. The Kier molecular flexibility index (Phi) is 5.94. The predicted molar refractivity (Wildman–Crippen MR) is 91.6 cm³/mol. The van der Waals surface area contributed by atoms with Gasteiger partial charge < -0.3 is 4.90 Å². The van der Waals surface area contributed by atoms with Crippen molar-refractivity contribution in [2.75, 3.05) is 0 Å². The van der Waals surface area contributed by atoms with Crippen LogP contribution in [0.4, 0.5) is 0 Å². The molecule has 0 N–H and O–H groups in total. The van der Waals surface area contributed by atoms with Crippen molar-refractivity contribution in [1.29, 1.82) is 5.26 Å². The molecule has 0 spiro atoms. The van der Waals surface area contributed by atoms with Crippen LogP contribution in [0.1, 0.15) is 37.0 Å². The monoisotopic (exact) mass is 306 g/mol. The number of carbonyl (C=O) groups is 1. The van der Waals surface area contributed by atoms with Gasteiger partial charge in [0.1, 0.15) is 0 Å². The fourth-order valence-corrected chi connectivity index (χ4v) is 2.48. The van der Waals surface area contributed by atoms with Gasteiger partial charge in [0.05, 0.1) is 11.6 Å². The molecule has 1 amide bonds. The minimum atomic E-state index is 0.160. The van der Waals surface area contributed by atoms with Crippen LogP contribution in [0.15, 0.2) is 54.6 Å². The maximum absolute atomic E-state index is 12.6. The lowest BCUT2D eigenvalue weighted by Gasteiger charge is -2.27. The van der Waals surface area contributed by atoms with Gasteiger partial charge in [0.15, 0.2) is 0 Å². The Morgan fingerprint density at radius 3 is 2.26 bits per heavy atom. The van der Waals surface area contributed by atoms with Crippen LogP contribution in [0.2, 0.25) is 0 Å². The number of hydrogen-bond donors (Lipinski definition) is 0. The third-order valence-corrected chi connectivity index (χ3v) is 3.85. The topological polar surface area (TPSA) is 44.1 Å². The maximum atomic E-state index is 12.6. The molecular weight excluding hydrogens is 284 g/mol. The van der Waals surface area contributed by atoms with E-state index in [1.165, 1.54) is 0 Å². The molecule has 2 aromatic rings. The van der Waals surface area contributed by atoms with Gasteiger partial charge in [-0.25, -0.2) is 0 Å². The second kappa shape index (κ2) is 8.14. The molecule has 3 nitrogen and oxygen atoms in total. The Labute approximate surface area is 138 Å². The average molecular weight is 306 g/mol. The van der Waals surface area contributed by atoms with Crippen LogP contribution in [-0.2, 0) is 17.8 Å². The first-order chi connectivity index (χ1) is 11.1. The molecule has 0 aliphatic heterocycles. The number of amides is 1. The van der Waals surface area contributed by atoms with Gasteiger partial charge in [0.25, 0.3) is 0 Å². The first kappa shape index (κ1) is 16.8. The molecule has 0 saturated heterocycles. The highest BCUT2D eigenvalue weighted by molar-refractivity contribution is 5.76. The standard InChI is InChI=1S/C20H22N2O/c1-16(2)22(15-19-6-4-3-5-7-19)20(23)13-12-17-8-10-18(14-21)11-9-17/h3-11,16H,12-13,15H2,1-2H3. The van der Waals surface area contributed by atoms with Crippen LogP contribution in [0.5, 0.6) is 0 Å². The molecule has 0 atom stereocenters. The van der Waals surface area contributed by atoms with E-state index in [9.17, 15) is 4.79 Å². The van der Waals surface area contributed by atoms with Gasteiger partial charge in [0, 0.05) is 19.0 Å². The molecule has 2 aromatic carbocycles. The first-order valence-corrected chi connectivity index (χ1v) is 7.92. The molecule has 118 valence electrons. The molecule has 0 unspecified atom stereocenters. The smallest absolute Gasteiger partial charge is 0.223 e. The van der Waals surface area contributed by atoms with E-state index in [0.29, 0.717) is 24.9 Å². The van der Waals surface area contributed by atoms with Crippen molar-refractivity contribution in [2.24, 2.45) is 0 Å². The maximum Gasteiger partial charge on any atom is 0.223 e. The Morgan fingerprint density at radius 1 is 1.04 bits per heavy atom. The average Bonchev–Trinajstić information content (AvgIpc) is 2.58. The van der Waals surface area contributed by atoms with E-state index in [1.54, 1.807) is 12.1 Å². The van der Waals surface area contributed by atoms with Crippen LogP contribution in [-0.4, -0.2) is 16.8 Å². The van der Waals surface area contributed by atoms with E-state index < -0.39 is 0 Å². The Balaban J connectivity index is 1.96. The molecule has 0 heterocycles. The summed E-state index contributed by atoms with van der Waals surface area (Å²) in [4.78, 5) is 14.5. The van der Waals surface area contributed by atoms with E-state index >= 15 is 0 Å². The normalized spacial score (nSPS) is 10.3. The van der Waals surface area contributed by atoms with Crippen molar-refractivity contribution in [1.82, 2.24) is 4.90 Å². The number of rotatable bonds is 6. The fourth-order valence-electron chi connectivity index (χ4n) is 2.48. The summed E-state index contributed by atoms with van der Waals surface area (Å²) in [5, 5.41) is 8.81. The van der Waals surface area contributed by atoms with Gasteiger partial charge in [-0.05, 0) is 43.5 Å². The van der Waals surface area contributed by atoms with E-state index in [1.807, 2.05) is 61.2 Å². The van der Waals surface area contributed by atoms with Gasteiger partial charge in [-0.15, -0.1) is 0 Å². The summed E-state index contributed by atoms with van der Waals surface area (Å²) in [6.07, 6.45) is 1.18. The Hall–Kier alpha value is -2.60. The number of aryl methyl sites for hydroxylation is 1. The molecule has 0 aliphatic rings. The van der Waals surface area contributed by atoms with Crippen molar-refractivity contribution in [2.45, 2.75) is 39.3 Å². The predicted octanol–water partition coefficient (Wildman–Crippen LogP) is 3.93. The second-order valence-electron chi connectivity index (χ2n) is 5.91. The molecule has 0 radical (unpaired) electrons. The summed E-state index contributed by atoms with van der Waals surface area (Å²) in [6, 6.07) is 19.8. The van der Waals surface area contributed by atoms with Crippen LogP contribution < -0.4 is 0 Å². The van der Waals surface area contributed by atoms with Gasteiger partial charge in [0.2, 0.25) is 5.91 Å². The SMILES string of the molecule is CC(C)N(Cc1ccccc1)C(=O)CCc1ccc(C#N)cc1. The van der Waals surface area contributed by atoms with Crippen LogP contribution in [0, 0.1) is 11.3 Å². The molecule has 0 bridgehead atoms. The lowest BCUT2D eigenvalue weighted by Crippen LogP contribution is -2.36. The van der Waals surface area contributed by atoms with Gasteiger partial charge >= 0.3 is 0 Å².